The Morgan fingerprint density at radius 3 is 2.21 bits per heavy atom. The first-order valence-corrected chi connectivity index (χ1v) is 12.3. The van der Waals surface area contributed by atoms with Crippen LogP contribution in [-0.4, -0.2) is 49.4 Å². The maximum atomic E-state index is 13.7. The zero-order chi connectivity index (χ0) is 20.8. The molecule has 1 spiro atoms. The molecule has 1 saturated heterocycles. The first-order chi connectivity index (χ1) is 12.9. The van der Waals surface area contributed by atoms with Crippen LogP contribution in [0.25, 0.3) is 0 Å². The number of nitrogens with zero attached hydrogens (tertiary/aromatic N) is 1. The van der Waals surface area contributed by atoms with E-state index >= 15 is 0 Å². The van der Waals surface area contributed by atoms with Crippen molar-refractivity contribution in [2.24, 2.45) is 28.1 Å². The van der Waals surface area contributed by atoms with Crippen molar-refractivity contribution in [3.05, 3.63) is 0 Å². The van der Waals surface area contributed by atoms with Crippen LogP contribution in [-0.2, 0) is 24.3 Å². The summed E-state index contributed by atoms with van der Waals surface area (Å²) in [5.41, 5.74) is -0.685. The van der Waals surface area contributed by atoms with E-state index < -0.39 is 21.7 Å². The van der Waals surface area contributed by atoms with Crippen molar-refractivity contribution in [1.29, 1.82) is 0 Å². The second kappa shape index (κ2) is 5.94. The van der Waals surface area contributed by atoms with Crippen molar-refractivity contribution in [3.63, 3.8) is 0 Å². The van der Waals surface area contributed by atoms with Crippen LogP contribution < -0.4 is 0 Å². The van der Waals surface area contributed by atoms with E-state index in [1.807, 2.05) is 27.7 Å². The number of carbonyl (C=O) groups is 1. The predicted octanol–water partition coefficient (Wildman–Crippen LogP) is 3.17. The van der Waals surface area contributed by atoms with Crippen LogP contribution in [0, 0.1) is 28.1 Å². The SMILES string of the molecule is CCOC1(OCC)[C@H](C(=O)N2[C@@H]3C[C@H]4CCC3(CS2(=O)=O)C4(C)C)CC1(C)C. The Bertz CT molecular complexity index is 783. The number of sulfonamides is 1. The fourth-order valence-electron chi connectivity index (χ4n) is 7.17. The van der Waals surface area contributed by atoms with Gasteiger partial charge in [0.2, 0.25) is 15.9 Å². The summed E-state index contributed by atoms with van der Waals surface area (Å²) in [6.45, 7) is 13.1. The van der Waals surface area contributed by atoms with Crippen LogP contribution in [0.5, 0.6) is 0 Å². The van der Waals surface area contributed by atoms with E-state index in [0.717, 1.165) is 19.3 Å². The van der Waals surface area contributed by atoms with Gasteiger partial charge in [0.05, 0.1) is 17.7 Å². The largest absolute Gasteiger partial charge is 0.349 e. The van der Waals surface area contributed by atoms with Crippen LogP contribution in [0.1, 0.15) is 67.2 Å². The van der Waals surface area contributed by atoms with Gasteiger partial charge in [-0.1, -0.05) is 27.7 Å². The first-order valence-electron chi connectivity index (χ1n) is 10.7. The summed E-state index contributed by atoms with van der Waals surface area (Å²) in [5.74, 6) is -1.34. The standard InChI is InChI=1S/C21H35NO5S/c1-7-26-21(27-8-2)15(12-18(21,3)4)17(23)22-16-11-14-9-10-20(16,19(14,5)6)13-28(22,24)25/h14-16H,7-13H2,1-6H3/t14-,15+,16-,20?/m1/s1. The van der Waals surface area contributed by atoms with Gasteiger partial charge >= 0.3 is 0 Å². The Morgan fingerprint density at radius 1 is 1.11 bits per heavy atom. The smallest absolute Gasteiger partial charge is 0.244 e. The zero-order valence-corrected chi connectivity index (χ0v) is 18.9. The quantitative estimate of drug-likeness (QED) is 0.647. The fraction of sp³-hybridized carbons (Fsp3) is 0.952. The number of ether oxygens (including phenoxy) is 2. The molecule has 1 aliphatic heterocycles. The van der Waals surface area contributed by atoms with Crippen LogP contribution in [0.15, 0.2) is 0 Å². The summed E-state index contributed by atoms with van der Waals surface area (Å²) in [5, 5.41) is 0. The molecule has 4 rings (SSSR count). The summed E-state index contributed by atoms with van der Waals surface area (Å²) in [4.78, 5) is 13.7. The Hall–Kier alpha value is -0.660. The molecule has 1 unspecified atom stereocenters. The highest BCUT2D eigenvalue weighted by Gasteiger charge is 2.74. The van der Waals surface area contributed by atoms with Gasteiger partial charge in [0, 0.05) is 24.0 Å². The van der Waals surface area contributed by atoms with Gasteiger partial charge in [-0.3, -0.25) is 4.79 Å². The van der Waals surface area contributed by atoms with Crippen molar-refractivity contribution in [2.45, 2.75) is 79.1 Å². The molecule has 160 valence electrons. The van der Waals surface area contributed by atoms with Crippen molar-refractivity contribution >= 4 is 15.9 Å². The minimum absolute atomic E-state index is 0.0461. The molecule has 0 aromatic carbocycles. The van der Waals surface area contributed by atoms with Crippen molar-refractivity contribution in [1.82, 2.24) is 4.31 Å². The maximum Gasteiger partial charge on any atom is 0.244 e. The summed E-state index contributed by atoms with van der Waals surface area (Å²) in [7, 11) is -3.63. The number of amides is 1. The molecule has 7 heteroatoms. The molecule has 1 heterocycles. The molecule has 1 amide bonds. The molecular weight excluding hydrogens is 378 g/mol. The molecule has 0 aromatic rings. The molecule has 6 nitrogen and oxygen atoms in total. The van der Waals surface area contributed by atoms with Crippen LogP contribution in [0.2, 0.25) is 0 Å². The van der Waals surface area contributed by atoms with Gasteiger partial charge in [0.15, 0.2) is 5.79 Å². The molecule has 4 fully saturated rings. The number of hydrogen-bond donors (Lipinski definition) is 0. The normalized spacial score (nSPS) is 40.9. The van der Waals surface area contributed by atoms with Gasteiger partial charge in [-0.05, 0) is 50.9 Å². The summed E-state index contributed by atoms with van der Waals surface area (Å²) in [6.07, 6.45) is 3.34. The highest BCUT2D eigenvalue weighted by molar-refractivity contribution is 7.90. The predicted molar refractivity (Wildman–Crippen MR) is 106 cm³/mol. The Morgan fingerprint density at radius 2 is 1.71 bits per heavy atom. The lowest BCUT2D eigenvalue weighted by atomic mass is 9.57. The third kappa shape index (κ3) is 2.21. The van der Waals surface area contributed by atoms with Gasteiger partial charge in [0.25, 0.3) is 0 Å². The monoisotopic (exact) mass is 413 g/mol. The zero-order valence-electron chi connectivity index (χ0n) is 18.1. The number of carbonyl (C=O) groups excluding carboxylic acids is 1. The average molecular weight is 414 g/mol. The first kappa shape index (κ1) is 20.6. The lowest BCUT2D eigenvalue weighted by Crippen LogP contribution is -2.69. The number of fused-ring (bicyclic) bond motifs is 1. The van der Waals surface area contributed by atoms with E-state index in [0.29, 0.717) is 25.6 Å². The van der Waals surface area contributed by atoms with Gasteiger partial charge in [0.1, 0.15) is 0 Å². The highest BCUT2D eigenvalue weighted by atomic mass is 32.2. The minimum atomic E-state index is -3.63. The van der Waals surface area contributed by atoms with E-state index in [2.05, 4.69) is 13.8 Å². The van der Waals surface area contributed by atoms with Gasteiger partial charge in [-0.25, -0.2) is 12.7 Å². The number of hydrogen-bond acceptors (Lipinski definition) is 5. The van der Waals surface area contributed by atoms with Crippen molar-refractivity contribution in [2.75, 3.05) is 19.0 Å². The Kier molecular flexibility index (Phi) is 4.37. The molecule has 28 heavy (non-hydrogen) atoms. The molecule has 3 saturated carbocycles. The molecule has 0 radical (unpaired) electrons. The molecule has 0 aromatic heterocycles. The third-order valence-electron chi connectivity index (χ3n) is 8.76. The van der Waals surface area contributed by atoms with Gasteiger partial charge in [-0.2, -0.15) is 0 Å². The van der Waals surface area contributed by atoms with Gasteiger partial charge in [-0.15, -0.1) is 0 Å². The molecule has 2 bridgehead atoms. The van der Waals surface area contributed by atoms with Crippen LogP contribution in [0.3, 0.4) is 0 Å². The topological polar surface area (TPSA) is 72.9 Å². The fourth-order valence-corrected chi connectivity index (χ4v) is 9.75. The van der Waals surface area contributed by atoms with E-state index in [-0.39, 0.29) is 33.9 Å². The summed E-state index contributed by atoms with van der Waals surface area (Å²) in [6, 6.07) is -0.205. The number of rotatable bonds is 5. The summed E-state index contributed by atoms with van der Waals surface area (Å²) >= 11 is 0. The molecule has 3 aliphatic carbocycles. The lowest BCUT2D eigenvalue weighted by molar-refractivity contribution is -0.364. The van der Waals surface area contributed by atoms with E-state index in [1.165, 1.54) is 4.31 Å². The molecular formula is C21H35NO5S. The van der Waals surface area contributed by atoms with Gasteiger partial charge < -0.3 is 9.47 Å². The molecule has 4 aliphatic rings. The Balaban J connectivity index is 1.71. The van der Waals surface area contributed by atoms with Crippen LogP contribution in [0.4, 0.5) is 0 Å². The molecule has 4 atom stereocenters. The second-order valence-corrected chi connectivity index (χ2v) is 12.3. The Labute approximate surface area is 169 Å². The molecule has 0 N–H and O–H groups in total. The average Bonchev–Trinajstić information content (AvgIpc) is 3.06. The highest BCUT2D eigenvalue weighted by Crippen LogP contribution is 2.70. The van der Waals surface area contributed by atoms with Crippen molar-refractivity contribution < 1.29 is 22.7 Å². The second-order valence-electron chi connectivity index (χ2n) is 10.4. The van der Waals surface area contributed by atoms with Crippen molar-refractivity contribution in [3.8, 4) is 0 Å². The van der Waals surface area contributed by atoms with Crippen LogP contribution >= 0.6 is 0 Å². The summed E-state index contributed by atoms with van der Waals surface area (Å²) < 4.78 is 39.8. The van der Waals surface area contributed by atoms with E-state index in [4.69, 9.17) is 9.47 Å². The third-order valence-corrected chi connectivity index (χ3v) is 10.7. The van der Waals surface area contributed by atoms with E-state index in [1.54, 1.807) is 0 Å². The lowest BCUT2D eigenvalue weighted by Gasteiger charge is -2.59. The van der Waals surface area contributed by atoms with E-state index in [9.17, 15) is 13.2 Å². The minimum Gasteiger partial charge on any atom is -0.349 e. The maximum absolute atomic E-state index is 13.7.